The van der Waals surface area contributed by atoms with E-state index >= 15 is 0 Å². The summed E-state index contributed by atoms with van der Waals surface area (Å²) in [7, 11) is 3.26. The first-order valence-electron chi connectivity index (χ1n) is 8.96. The first-order chi connectivity index (χ1) is 12.9. The predicted octanol–water partition coefficient (Wildman–Crippen LogP) is 3.02. The number of esters is 1. The maximum atomic E-state index is 12.4. The second kappa shape index (κ2) is 7.48. The molecule has 1 heterocycles. The SMILES string of the molecule is COC(=O)C(C)C(c1ccc(C)c(CO)c1)c1ccc2c(nnn2C)c1C. The van der Waals surface area contributed by atoms with Crippen LogP contribution in [0.1, 0.15) is 40.7 Å². The molecule has 2 atom stereocenters. The van der Waals surface area contributed by atoms with Crippen LogP contribution in [0.2, 0.25) is 0 Å². The van der Waals surface area contributed by atoms with Crippen LogP contribution in [-0.2, 0) is 23.2 Å². The third-order valence-corrected chi connectivity index (χ3v) is 5.39. The van der Waals surface area contributed by atoms with Crippen molar-refractivity contribution in [2.45, 2.75) is 33.3 Å². The minimum absolute atomic E-state index is 0.0405. The van der Waals surface area contributed by atoms with Crippen LogP contribution >= 0.6 is 0 Å². The van der Waals surface area contributed by atoms with Gasteiger partial charge in [-0.05, 0) is 47.7 Å². The first kappa shape index (κ1) is 19.0. The van der Waals surface area contributed by atoms with Gasteiger partial charge in [-0.1, -0.05) is 36.4 Å². The van der Waals surface area contributed by atoms with Crippen molar-refractivity contribution < 1.29 is 14.6 Å². The van der Waals surface area contributed by atoms with Gasteiger partial charge in [0.2, 0.25) is 0 Å². The second-order valence-corrected chi connectivity index (χ2v) is 6.99. The molecule has 0 aliphatic heterocycles. The van der Waals surface area contributed by atoms with E-state index in [9.17, 15) is 9.90 Å². The first-order valence-corrected chi connectivity index (χ1v) is 8.96. The number of aliphatic hydroxyl groups is 1. The number of carbonyl (C=O) groups excluding carboxylic acids is 1. The van der Waals surface area contributed by atoms with Gasteiger partial charge < -0.3 is 9.84 Å². The quantitative estimate of drug-likeness (QED) is 0.702. The van der Waals surface area contributed by atoms with Crippen LogP contribution in [0.15, 0.2) is 30.3 Å². The number of benzene rings is 2. The van der Waals surface area contributed by atoms with Gasteiger partial charge in [0, 0.05) is 13.0 Å². The Labute approximate surface area is 158 Å². The van der Waals surface area contributed by atoms with Crippen LogP contribution in [-0.4, -0.2) is 33.2 Å². The Balaban J connectivity index is 2.22. The van der Waals surface area contributed by atoms with Gasteiger partial charge in [0.15, 0.2) is 0 Å². The second-order valence-electron chi connectivity index (χ2n) is 6.99. The van der Waals surface area contributed by atoms with Crippen LogP contribution in [0.5, 0.6) is 0 Å². The molecule has 27 heavy (non-hydrogen) atoms. The highest BCUT2D eigenvalue weighted by Crippen LogP contribution is 2.37. The van der Waals surface area contributed by atoms with Crippen LogP contribution in [0.25, 0.3) is 11.0 Å². The minimum atomic E-state index is -0.392. The van der Waals surface area contributed by atoms with Gasteiger partial charge in [-0.25, -0.2) is 4.68 Å². The van der Waals surface area contributed by atoms with E-state index in [0.29, 0.717) is 0 Å². The number of methoxy groups -OCH3 is 1. The number of carbonyl (C=O) groups is 1. The molecule has 1 N–H and O–H groups in total. The van der Waals surface area contributed by atoms with E-state index < -0.39 is 5.92 Å². The maximum Gasteiger partial charge on any atom is 0.309 e. The molecular formula is C21H25N3O3. The number of nitrogens with zero attached hydrogens (tertiary/aromatic N) is 3. The lowest BCUT2D eigenvalue weighted by Crippen LogP contribution is -2.23. The average molecular weight is 367 g/mol. The van der Waals surface area contributed by atoms with Crippen molar-refractivity contribution >= 4 is 17.0 Å². The van der Waals surface area contributed by atoms with Crippen LogP contribution < -0.4 is 0 Å². The summed E-state index contributed by atoms with van der Waals surface area (Å²) < 4.78 is 6.76. The third-order valence-electron chi connectivity index (χ3n) is 5.39. The summed E-state index contributed by atoms with van der Waals surface area (Å²) in [5.41, 5.74) is 6.61. The van der Waals surface area contributed by atoms with Crippen molar-refractivity contribution in [2.24, 2.45) is 13.0 Å². The van der Waals surface area contributed by atoms with E-state index in [-0.39, 0.29) is 18.5 Å². The molecule has 3 rings (SSSR count). The number of hydrogen-bond donors (Lipinski definition) is 1. The van der Waals surface area contributed by atoms with Gasteiger partial charge in [-0.2, -0.15) is 0 Å². The normalized spacial score (nSPS) is 13.6. The van der Waals surface area contributed by atoms with Crippen molar-refractivity contribution in [1.29, 1.82) is 0 Å². The summed E-state index contributed by atoms with van der Waals surface area (Å²) >= 11 is 0. The third kappa shape index (κ3) is 3.32. The van der Waals surface area contributed by atoms with Gasteiger partial charge in [-0.3, -0.25) is 4.79 Å². The van der Waals surface area contributed by atoms with Crippen molar-refractivity contribution in [2.75, 3.05) is 7.11 Å². The molecule has 0 bridgehead atoms. The van der Waals surface area contributed by atoms with Gasteiger partial charge in [-0.15, -0.1) is 5.10 Å². The Kier molecular flexibility index (Phi) is 5.28. The monoisotopic (exact) mass is 367 g/mol. The molecule has 2 aromatic carbocycles. The molecule has 6 nitrogen and oxygen atoms in total. The summed E-state index contributed by atoms with van der Waals surface area (Å²) in [6.45, 7) is 5.80. The topological polar surface area (TPSA) is 77.2 Å². The Bertz CT molecular complexity index is 994. The number of aryl methyl sites for hydroxylation is 3. The molecule has 1 aromatic heterocycles. The molecular weight excluding hydrogens is 342 g/mol. The zero-order chi connectivity index (χ0) is 19.7. The minimum Gasteiger partial charge on any atom is -0.469 e. The van der Waals surface area contributed by atoms with Gasteiger partial charge in [0.05, 0.1) is 25.2 Å². The molecule has 0 saturated heterocycles. The molecule has 2 unspecified atom stereocenters. The number of rotatable bonds is 5. The van der Waals surface area contributed by atoms with Crippen molar-refractivity contribution in [3.05, 3.63) is 58.1 Å². The van der Waals surface area contributed by atoms with Crippen molar-refractivity contribution in [3.63, 3.8) is 0 Å². The van der Waals surface area contributed by atoms with Crippen LogP contribution in [0.3, 0.4) is 0 Å². The predicted molar refractivity (Wildman–Crippen MR) is 103 cm³/mol. The van der Waals surface area contributed by atoms with E-state index in [2.05, 4.69) is 10.3 Å². The molecule has 142 valence electrons. The number of aliphatic hydroxyl groups excluding tert-OH is 1. The summed E-state index contributed by atoms with van der Waals surface area (Å²) in [6.07, 6.45) is 0. The lowest BCUT2D eigenvalue weighted by Gasteiger charge is -2.25. The molecule has 0 aliphatic carbocycles. The number of hydrogen-bond acceptors (Lipinski definition) is 5. The average Bonchev–Trinajstić information content (AvgIpc) is 3.05. The summed E-state index contributed by atoms with van der Waals surface area (Å²) in [5, 5.41) is 18.1. The summed E-state index contributed by atoms with van der Waals surface area (Å²) in [5.74, 6) is -0.878. The van der Waals surface area contributed by atoms with E-state index in [1.54, 1.807) is 4.68 Å². The molecule has 0 fully saturated rings. The highest BCUT2D eigenvalue weighted by Gasteiger charge is 2.30. The summed E-state index contributed by atoms with van der Waals surface area (Å²) in [4.78, 5) is 12.4. The molecule has 3 aromatic rings. The van der Waals surface area contributed by atoms with Crippen molar-refractivity contribution in [1.82, 2.24) is 15.0 Å². The maximum absolute atomic E-state index is 12.4. The smallest absolute Gasteiger partial charge is 0.309 e. The molecule has 0 aliphatic rings. The van der Waals surface area contributed by atoms with Gasteiger partial charge in [0.25, 0.3) is 0 Å². The van der Waals surface area contributed by atoms with E-state index in [0.717, 1.165) is 38.9 Å². The zero-order valence-corrected chi connectivity index (χ0v) is 16.4. The fourth-order valence-corrected chi connectivity index (χ4v) is 3.70. The van der Waals surface area contributed by atoms with E-state index in [1.165, 1.54) is 7.11 Å². The Morgan fingerprint density at radius 1 is 1.26 bits per heavy atom. The molecule has 6 heteroatoms. The molecule has 0 saturated carbocycles. The van der Waals surface area contributed by atoms with E-state index in [1.807, 2.05) is 58.2 Å². The molecule has 0 amide bonds. The highest BCUT2D eigenvalue weighted by molar-refractivity contribution is 5.81. The molecule has 0 radical (unpaired) electrons. The molecule has 0 spiro atoms. The van der Waals surface area contributed by atoms with Gasteiger partial charge in [0.1, 0.15) is 5.52 Å². The Morgan fingerprint density at radius 3 is 2.67 bits per heavy atom. The fraction of sp³-hybridized carbons (Fsp3) is 0.381. The lowest BCUT2D eigenvalue weighted by molar-refractivity contribution is -0.145. The zero-order valence-electron chi connectivity index (χ0n) is 16.4. The Hall–Kier alpha value is -2.73. The summed E-state index contributed by atoms with van der Waals surface area (Å²) in [6, 6.07) is 9.98. The lowest BCUT2D eigenvalue weighted by atomic mass is 9.79. The Morgan fingerprint density at radius 2 is 2.00 bits per heavy atom. The van der Waals surface area contributed by atoms with Crippen LogP contribution in [0, 0.1) is 19.8 Å². The fourth-order valence-electron chi connectivity index (χ4n) is 3.70. The standard InChI is InChI=1S/C21H25N3O3/c1-12-6-7-15(10-16(12)11-25)19(14(3)21(26)27-5)17-8-9-18-20(13(17)2)22-23-24(18)4/h6-10,14,19,25H,11H2,1-5H3. The largest absolute Gasteiger partial charge is 0.469 e. The number of ether oxygens (including phenoxy) is 1. The van der Waals surface area contributed by atoms with E-state index in [4.69, 9.17) is 4.74 Å². The van der Waals surface area contributed by atoms with Crippen LogP contribution in [0.4, 0.5) is 0 Å². The van der Waals surface area contributed by atoms with Crippen molar-refractivity contribution in [3.8, 4) is 0 Å². The number of aromatic nitrogens is 3. The van der Waals surface area contributed by atoms with Gasteiger partial charge >= 0.3 is 5.97 Å². The number of fused-ring (bicyclic) bond motifs is 1. The highest BCUT2D eigenvalue weighted by atomic mass is 16.5.